The second kappa shape index (κ2) is 6.24. The number of aromatic hydroxyl groups is 1. The van der Waals surface area contributed by atoms with Crippen molar-refractivity contribution in [1.82, 2.24) is 19.9 Å². The maximum Gasteiger partial charge on any atom is 0.222 e. The normalized spacial score (nSPS) is 22.8. The molecule has 0 radical (unpaired) electrons. The number of rotatable bonds is 3. The second-order valence-electron chi connectivity index (χ2n) is 6.39. The van der Waals surface area contributed by atoms with Gasteiger partial charge in [-0.3, -0.25) is 4.79 Å². The van der Waals surface area contributed by atoms with Gasteiger partial charge in [0, 0.05) is 19.5 Å². The van der Waals surface area contributed by atoms with Gasteiger partial charge in [0.25, 0.3) is 0 Å². The molecule has 2 atom stereocenters. The first kappa shape index (κ1) is 15.1. The molecule has 1 saturated heterocycles. The van der Waals surface area contributed by atoms with Crippen LogP contribution in [0.4, 0.5) is 0 Å². The maximum absolute atomic E-state index is 12.6. The number of aryl methyl sites for hydroxylation is 1. The number of nitrogens with zero attached hydrogens (tertiary/aromatic N) is 4. The lowest BCUT2D eigenvalue weighted by Gasteiger charge is -2.41. The number of aromatic nitrogens is 3. The summed E-state index contributed by atoms with van der Waals surface area (Å²) in [5.74, 6) is 0.364. The van der Waals surface area contributed by atoms with Gasteiger partial charge in [0.05, 0.1) is 30.6 Å². The number of amides is 1. The lowest BCUT2D eigenvalue weighted by molar-refractivity contribution is -0.138. The summed E-state index contributed by atoms with van der Waals surface area (Å²) in [6.07, 6.45) is 3.71. The number of benzene rings is 1. The summed E-state index contributed by atoms with van der Waals surface area (Å²) < 4.78 is 7.78. The van der Waals surface area contributed by atoms with Gasteiger partial charge in [-0.15, -0.1) is 5.10 Å². The van der Waals surface area contributed by atoms with Crippen LogP contribution in [0.5, 0.6) is 5.75 Å². The third-order valence-electron chi connectivity index (χ3n) is 4.82. The Morgan fingerprint density at radius 3 is 3.21 bits per heavy atom. The van der Waals surface area contributed by atoms with Gasteiger partial charge in [-0.1, -0.05) is 17.3 Å². The molecule has 0 aliphatic carbocycles. The molecule has 3 heterocycles. The Morgan fingerprint density at radius 2 is 2.33 bits per heavy atom. The van der Waals surface area contributed by atoms with E-state index < -0.39 is 0 Å². The fraction of sp³-hybridized carbons (Fsp3) is 0.471. The first-order chi connectivity index (χ1) is 11.7. The van der Waals surface area contributed by atoms with Crippen molar-refractivity contribution in [1.29, 1.82) is 0 Å². The molecule has 1 amide bonds. The molecule has 2 aliphatic rings. The molecular formula is C17H20N4O3. The Balaban J connectivity index is 1.40. The predicted molar refractivity (Wildman–Crippen MR) is 85.3 cm³/mol. The van der Waals surface area contributed by atoms with Crippen LogP contribution in [0.3, 0.4) is 0 Å². The van der Waals surface area contributed by atoms with Crippen LogP contribution < -0.4 is 0 Å². The number of carbonyl (C=O) groups is 1. The molecule has 1 N–H and O–H groups in total. The van der Waals surface area contributed by atoms with Crippen LogP contribution in [0.15, 0.2) is 30.5 Å². The molecule has 1 aromatic carbocycles. The van der Waals surface area contributed by atoms with E-state index in [0.717, 1.165) is 17.7 Å². The predicted octanol–water partition coefficient (Wildman–Crippen LogP) is 1.29. The van der Waals surface area contributed by atoms with Gasteiger partial charge < -0.3 is 14.7 Å². The minimum absolute atomic E-state index is 0.0507. The first-order valence-electron chi connectivity index (χ1n) is 8.27. The number of piperidine rings is 1. The second-order valence-corrected chi connectivity index (χ2v) is 6.39. The van der Waals surface area contributed by atoms with Crippen LogP contribution in [0.25, 0.3) is 0 Å². The molecule has 1 fully saturated rings. The van der Waals surface area contributed by atoms with Crippen molar-refractivity contribution in [3.05, 3.63) is 41.7 Å². The zero-order chi connectivity index (χ0) is 16.5. The Labute approximate surface area is 139 Å². The standard InChI is InChI=1S/C17H20N4O3/c22-14-3-1-2-12(8-14)4-5-17(23)20-7-6-16-15(10-20)21-13(11-24-16)9-18-19-21/h1-3,8-9,15-16,22H,4-7,10-11H2/t15-,16+/m1/s1. The van der Waals surface area contributed by atoms with Crippen molar-refractivity contribution >= 4 is 5.91 Å². The van der Waals surface area contributed by atoms with Crippen LogP contribution in [-0.2, 0) is 22.6 Å². The lowest BCUT2D eigenvalue weighted by Crippen LogP contribution is -2.49. The SMILES string of the molecule is O=C(CCc1cccc(O)c1)N1CC[C@@H]2OCc3cnnn3[C@@H]2C1. The van der Waals surface area contributed by atoms with Crippen molar-refractivity contribution in [3.8, 4) is 5.75 Å². The minimum atomic E-state index is 0.0507. The number of hydrogen-bond donors (Lipinski definition) is 1. The van der Waals surface area contributed by atoms with Gasteiger partial charge in [0.15, 0.2) is 0 Å². The number of phenolic OH excluding ortho intramolecular Hbond substituents is 1. The van der Waals surface area contributed by atoms with E-state index in [1.165, 1.54) is 0 Å². The zero-order valence-electron chi connectivity index (χ0n) is 13.3. The maximum atomic E-state index is 12.6. The van der Waals surface area contributed by atoms with E-state index in [-0.39, 0.29) is 23.8 Å². The third kappa shape index (κ3) is 2.87. The number of carbonyl (C=O) groups excluding carboxylic acids is 1. The number of ether oxygens (including phenoxy) is 1. The first-order valence-corrected chi connectivity index (χ1v) is 8.27. The van der Waals surface area contributed by atoms with Gasteiger partial charge in [-0.25, -0.2) is 4.68 Å². The molecular weight excluding hydrogens is 308 g/mol. The molecule has 24 heavy (non-hydrogen) atoms. The van der Waals surface area contributed by atoms with Crippen LogP contribution in [-0.4, -0.2) is 50.1 Å². The highest BCUT2D eigenvalue weighted by atomic mass is 16.5. The van der Waals surface area contributed by atoms with Gasteiger partial charge >= 0.3 is 0 Å². The average Bonchev–Trinajstić information content (AvgIpc) is 3.08. The Hall–Kier alpha value is -2.41. The topological polar surface area (TPSA) is 80.5 Å². The molecule has 0 saturated carbocycles. The van der Waals surface area contributed by atoms with Crippen LogP contribution in [0, 0.1) is 0 Å². The van der Waals surface area contributed by atoms with Gasteiger partial charge in [-0.2, -0.15) is 0 Å². The summed E-state index contributed by atoms with van der Waals surface area (Å²) >= 11 is 0. The van der Waals surface area contributed by atoms with E-state index in [9.17, 15) is 9.90 Å². The van der Waals surface area contributed by atoms with Crippen LogP contribution >= 0.6 is 0 Å². The molecule has 2 aliphatic heterocycles. The van der Waals surface area contributed by atoms with E-state index in [2.05, 4.69) is 10.3 Å². The quantitative estimate of drug-likeness (QED) is 0.918. The highest BCUT2D eigenvalue weighted by molar-refractivity contribution is 5.76. The molecule has 0 bridgehead atoms. The highest BCUT2D eigenvalue weighted by Gasteiger charge is 2.37. The van der Waals surface area contributed by atoms with Crippen LogP contribution in [0.2, 0.25) is 0 Å². The summed E-state index contributed by atoms with van der Waals surface area (Å²) in [7, 11) is 0. The average molecular weight is 328 g/mol. The Kier molecular flexibility index (Phi) is 3.93. The van der Waals surface area contributed by atoms with Crippen molar-refractivity contribution < 1.29 is 14.6 Å². The summed E-state index contributed by atoms with van der Waals surface area (Å²) in [6.45, 7) is 1.86. The number of fused-ring (bicyclic) bond motifs is 3. The van der Waals surface area contributed by atoms with Crippen molar-refractivity contribution in [2.45, 2.75) is 38.0 Å². The largest absolute Gasteiger partial charge is 0.508 e. The Morgan fingerprint density at radius 1 is 1.42 bits per heavy atom. The van der Waals surface area contributed by atoms with E-state index >= 15 is 0 Å². The molecule has 126 valence electrons. The molecule has 2 aromatic rings. The van der Waals surface area contributed by atoms with E-state index in [4.69, 9.17) is 4.74 Å². The smallest absolute Gasteiger partial charge is 0.222 e. The van der Waals surface area contributed by atoms with Gasteiger partial charge in [-0.05, 0) is 30.5 Å². The van der Waals surface area contributed by atoms with Crippen molar-refractivity contribution in [2.24, 2.45) is 0 Å². The number of likely N-dealkylation sites (tertiary alicyclic amines) is 1. The molecule has 0 spiro atoms. The molecule has 4 rings (SSSR count). The summed E-state index contributed by atoms with van der Waals surface area (Å²) in [5.41, 5.74) is 1.93. The summed E-state index contributed by atoms with van der Waals surface area (Å²) in [5, 5.41) is 17.6. The molecule has 1 aromatic heterocycles. The highest BCUT2D eigenvalue weighted by Crippen LogP contribution is 2.30. The minimum Gasteiger partial charge on any atom is -0.508 e. The van der Waals surface area contributed by atoms with Gasteiger partial charge in [0.1, 0.15) is 5.75 Å². The number of hydrogen-bond acceptors (Lipinski definition) is 5. The molecule has 7 nitrogen and oxygen atoms in total. The van der Waals surface area contributed by atoms with Gasteiger partial charge in [0.2, 0.25) is 5.91 Å². The fourth-order valence-corrected chi connectivity index (χ4v) is 3.53. The number of phenols is 1. The van der Waals surface area contributed by atoms with Crippen molar-refractivity contribution in [2.75, 3.05) is 13.1 Å². The Bertz CT molecular complexity index is 745. The molecule has 0 unspecified atom stereocenters. The van der Waals surface area contributed by atoms with E-state index in [0.29, 0.717) is 32.5 Å². The van der Waals surface area contributed by atoms with E-state index in [1.807, 2.05) is 15.6 Å². The lowest BCUT2D eigenvalue weighted by atomic mass is 9.99. The van der Waals surface area contributed by atoms with E-state index in [1.54, 1.807) is 24.4 Å². The zero-order valence-corrected chi connectivity index (χ0v) is 13.3. The monoisotopic (exact) mass is 328 g/mol. The summed E-state index contributed by atoms with van der Waals surface area (Å²) in [4.78, 5) is 14.5. The summed E-state index contributed by atoms with van der Waals surface area (Å²) in [6, 6.07) is 7.11. The van der Waals surface area contributed by atoms with Crippen LogP contribution in [0.1, 0.15) is 30.1 Å². The van der Waals surface area contributed by atoms with Crippen molar-refractivity contribution in [3.63, 3.8) is 0 Å². The molecule has 7 heteroatoms. The fourth-order valence-electron chi connectivity index (χ4n) is 3.53. The third-order valence-corrected chi connectivity index (χ3v) is 4.82.